The quantitative estimate of drug-likeness (QED) is 0.769. The lowest BCUT2D eigenvalue weighted by molar-refractivity contribution is 0.123. The van der Waals surface area contributed by atoms with Crippen LogP contribution in [0.3, 0.4) is 0 Å². The van der Waals surface area contributed by atoms with Crippen molar-refractivity contribution in [1.29, 1.82) is 0 Å². The maximum Gasteiger partial charge on any atom is 0.115 e. The SMILES string of the molecule is CCC[C@H]1Cc2ccc(O)cc2[C@@H](CCC)[C@H]1N(C)CCC. The molecule has 0 unspecified atom stereocenters. The maximum absolute atomic E-state index is 9.96. The van der Waals surface area contributed by atoms with Crippen LogP contribution in [0, 0.1) is 5.92 Å². The molecule has 0 saturated heterocycles. The number of benzene rings is 1. The summed E-state index contributed by atoms with van der Waals surface area (Å²) in [6.45, 7) is 8.02. The number of likely N-dealkylation sites (N-methyl/N-ethyl adjacent to an activating group) is 1. The number of hydrogen-bond acceptors (Lipinski definition) is 2. The zero-order valence-corrected chi connectivity index (χ0v) is 14.8. The van der Waals surface area contributed by atoms with Crippen molar-refractivity contribution in [2.75, 3.05) is 13.6 Å². The molecule has 2 heteroatoms. The summed E-state index contributed by atoms with van der Waals surface area (Å²) in [5.74, 6) is 1.73. The van der Waals surface area contributed by atoms with Crippen molar-refractivity contribution in [3.63, 3.8) is 0 Å². The Morgan fingerprint density at radius 2 is 1.82 bits per heavy atom. The van der Waals surface area contributed by atoms with E-state index in [0.717, 1.165) is 5.92 Å². The van der Waals surface area contributed by atoms with E-state index in [-0.39, 0.29) is 0 Å². The van der Waals surface area contributed by atoms with E-state index in [9.17, 15) is 5.11 Å². The smallest absolute Gasteiger partial charge is 0.115 e. The first kappa shape index (κ1) is 17.3. The number of phenols is 1. The molecule has 0 aliphatic heterocycles. The molecule has 1 N–H and O–H groups in total. The fraction of sp³-hybridized carbons (Fsp3) is 0.700. The van der Waals surface area contributed by atoms with Gasteiger partial charge in [0.25, 0.3) is 0 Å². The van der Waals surface area contributed by atoms with E-state index in [1.165, 1.54) is 56.2 Å². The lowest BCUT2D eigenvalue weighted by Gasteiger charge is -2.45. The Hall–Kier alpha value is -1.02. The lowest BCUT2D eigenvalue weighted by atomic mass is 9.69. The molecule has 0 saturated carbocycles. The van der Waals surface area contributed by atoms with Crippen LogP contribution in [0.15, 0.2) is 18.2 Å². The fourth-order valence-corrected chi connectivity index (χ4v) is 4.48. The summed E-state index contributed by atoms with van der Waals surface area (Å²) in [6, 6.07) is 6.67. The highest BCUT2D eigenvalue weighted by molar-refractivity contribution is 5.40. The molecular weight excluding hydrogens is 270 g/mol. The molecule has 0 aromatic heterocycles. The highest BCUT2D eigenvalue weighted by Gasteiger charge is 2.37. The van der Waals surface area contributed by atoms with Crippen LogP contribution < -0.4 is 0 Å². The molecule has 0 heterocycles. The first-order valence-electron chi connectivity index (χ1n) is 9.14. The predicted molar refractivity (Wildman–Crippen MR) is 94.6 cm³/mol. The molecule has 2 nitrogen and oxygen atoms in total. The Morgan fingerprint density at radius 1 is 1.09 bits per heavy atom. The van der Waals surface area contributed by atoms with Gasteiger partial charge in [-0.15, -0.1) is 0 Å². The molecular formula is C20H33NO. The number of hydrogen-bond donors (Lipinski definition) is 1. The van der Waals surface area contributed by atoms with E-state index < -0.39 is 0 Å². The van der Waals surface area contributed by atoms with Gasteiger partial charge in [-0.05, 0) is 68.5 Å². The summed E-state index contributed by atoms with van der Waals surface area (Å²) in [5, 5.41) is 9.96. The maximum atomic E-state index is 9.96. The first-order valence-corrected chi connectivity index (χ1v) is 9.14. The second-order valence-corrected chi connectivity index (χ2v) is 7.00. The van der Waals surface area contributed by atoms with Crippen molar-refractivity contribution in [2.24, 2.45) is 5.92 Å². The second kappa shape index (κ2) is 8.01. The van der Waals surface area contributed by atoms with Crippen LogP contribution in [-0.2, 0) is 6.42 Å². The van der Waals surface area contributed by atoms with Crippen LogP contribution in [0.5, 0.6) is 5.75 Å². The van der Waals surface area contributed by atoms with Gasteiger partial charge in [-0.25, -0.2) is 0 Å². The Balaban J connectivity index is 2.40. The molecule has 22 heavy (non-hydrogen) atoms. The Morgan fingerprint density at radius 3 is 2.45 bits per heavy atom. The molecule has 0 bridgehead atoms. The van der Waals surface area contributed by atoms with Gasteiger partial charge in [0, 0.05) is 12.0 Å². The molecule has 1 aromatic carbocycles. The third-order valence-corrected chi connectivity index (χ3v) is 5.25. The topological polar surface area (TPSA) is 23.5 Å². The Bertz CT molecular complexity index is 471. The molecule has 1 aliphatic carbocycles. The second-order valence-electron chi connectivity index (χ2n) is 7.00. The van der Waals surface area contributed by atoms with Gasteiger partial charge in [-0.1, -0.05) is 39.7 Å². The summed E-state index contributed by atoms with van der Waals surface area (Å²) in [7, 11) is 2.30. The van der Waals surface area contributed by atoms with Gasteiger partial charge < -0.3 is 10.0 Å². The van der Waals surface area contributed by atoms with E-state index in [4.69, 9.17) is 0 Å². The van der Waals surface area contributed by atoms with Crippen LogP contribution in [-0.4, -0.2) is 29.6 Å². The minimum atomic E-state index is 0.422. The number of phenolic OH excluding ortho intramolecular Hbond substituents is 1. The van der Waals surface area contributed by atoms with Crippen molar-refractivity contribution >= 4 is 0 Å². The van der Waals surface area contributed by atoms with Crippen LogP contribution in [0.2, 0.25) is 0 Å². The van der Waals surface area contributed by atoms with Crippen LogP contribution in [0.4, 0.5) is 0 Å². The van der Waals surface area contributed by atoms with Gasteiger partial charge in [0.05, 0.1) is 0 Å². The molecule has 0 fully saturated rings. The summed E-state index contributed by atoms with van der Waals surface area (Å²) in [6.07, 6.45) is 7.36. The number of nitrogens with zero attached hydrogens (tertiary/aromatic N) is 1. The standard InChI is InChI=1S/C20H33NO/c1-5-8-16-13-15-10-11-17(22)14-19(15)18(9-6-2)20(16)21(4)12-7-3/h10-11,14,16,18,20,22H,5-9,12-13H2,1-4H3/t16-,18+,20-/m0/s1. The minimum absolute atomic E-state index is 0.422. The van der Waals surface area contributed by atoms with Gasteiger partial charge in [0.2, 0.25) is 0 Å². The van der Waals surface area contributed by atoms with Crippen molar-refractivity contribution in [2.45, 2.75) is 71.3 Å². The highest BCUT2D eigenvalue weighted by Crippen LogP contribution is 2.43. The molecule has 3 atom stereocenters. The minimum Gasteiger partial charge on any atom is -0.508 e. The predicted octanol–water partition coefficient (Wildman–Crippen LogP) is 4.96. The normalized spacial score (nSPS) is 24.5. The lowest BCUT2D eigenvalue weighted by Crippen LogP contribution is -2.46. The van der Waals surface area contributed by atoms with Crippen LogP contribution >= 0.6 is 0 Å². The van der Waals surface area contributed by atoms with Gasteiger partial charge in [0.1, 0.15) is 5.75 Å². The Kier molecular flexibility index (Phi) is 6.31. The van der Waals surface area contributed by atoms with Gasteiger partial charge >= 0.3 is 0 Å². The van der Waals surface area contributed by atoms with Crippen LogP contribution in [0.1, 0.15) is 69.9 Å². The van der Waals surface area contributed by atoms with E-state index >= 15 is 0 Å². The summed E-state index contributed by atoms with van der Waals surface area (Å²) in [4.78, 5) is 2.59. The fourth-order valence-electron chi connectivity index (χ4n) is 4.48. The van der Waals surface area contributed by atoms with E-state index in [1.54, 1.807) is 0 Å². The average Bonchev–Trinajstić information content (AvgIpc) is 2.48. The third-order valence-electron chi connectivity index (χ3n) is 5.25. The van der Waals surface area contributed by atoms with E-state index in [0.29, 0.717) is 17.7 Å². The molecule has 2 rings (SSSR count). The van der Waals surface area contributed by atoms with Crippen molar-refractivity contribution in [3.8, 4) is 5.75 Å². The van der Waals surface area contributed by atoms with Gasteiger partial charge in [-0.2, -0.15) is 0 Å². The van der Waals surface area contributed by atoms with Crippen molar-refractivity contribution < 1.29 is 5.11 Å². The zero-order valence-electron chi connectivity index (χ0n) is 14.8. The highest BCUT2D eigenvalue weighted by atomic mass is 16.3. The number of fused-ring (bicyclic) bond motifs is 1. The monoisotopic (exact) mass is 303 g/mol. The third kappa shape index (κ3) is 3.65. The number of rotatable bonds is 7. The summed E-state index contributed by atoms with van der Waals surface area (Å²) in [5.41, 5.74) is 2.87. The summed E-state index contributed by atoms with van der Waals surface area (Å²) < 4.78 is 0. The average molecular weight is 303 g/mol. The molecule has 124 valence electrons. The zero-order chi connectivity index (χ0) is 16.1. The van der Waals surface area contributed by atoms with Crippen molar-refractivity contribution in [3.05, 3.63) is 29.3 Å². The first-order chi connectivity index (χ1) is 10.6. The Labute approximate surface area is 136 Å². The van der Waals surface area contributed by atoms with E-state index in [1.807, 2.05) is 12.1 Å². The molecule has 1 aliphatic rings. The van der Waals surface area contributed by atoms with Crippen LogP contribution in [0.25, 0.3) is 0 Å². The molecule has 0 spiro atoms. The molecule has 0 radical (unpaired) electrons. The largest absolute Gasteiger partial charge is 0.508 e. The van der Waals surface area contributed by atoms with Crippen molar-refractivity contribution in [1.82, 2.24) is 4.90 Å². The molecule has 0 amide bonds. The van der Waals surface area contributed by atoms with Gasteiger partial charge in [0.15, 0.2) is 0 Å². The molecule has 1 aromatic rings. The van der Waals surface area contributed by atoms with Gasteiger partial charge in [-0.3, -0.25) is 0 Å². The number of aromatic hydroxyl groups is 1. The summed E-state index contributed by atoms with van der Waals surface area (Å²) >= 11 is 0. The van der Waals surface area contributed by atoms with E-state index in [2.05, 4.69) is 38.8 Å².